The highest BCUT2D eigenvalue weighted by Gasteiger charge is 2.33. The number of benzene rings is 1. The molecule has 2 heterocycles. The van der Waals surface area contributed by atoms with Crippen LogP contribution in [0.5, 0.6) is 0 Å². The maximum atomic E-state index is 12.8. The number of carbonyl (C=O) groups excluding carboxylic acids is 1. The lowest BCUT2D eigenvalue weighted by Crippen LogP contribution is -2.50. The summed E-state index contributed by atoms with van der Waals surface area (Å²) in [6.45, 7) is 4.81. The Morgan fingerprint density at radius 1 is 1.48 bits per heavy atom. The van der Waals surface area contributed by atoms with Crippen molar-refractivity contribution in [3.8, 4) is 0 Å². The molecule has 122 valence electrons. The van der Waals surface area contributed by atoms with Gasteiger partial charge in [0.2, 0.25) is 5.91 Å². The summed E-state index contributed by atoms with van der Waals surface area (Å²) in [5.41, 5.74) is 0.982. The summed E-state index contributed by atoms with van der Waals surface area (Å²) in [6, 6.07) is 7.19. The van der Waals surface area contributed by atoms with Crippen molar-refractivity contribution in [1.29, 1.82) is 0 Å². The van der Waals surface area contributed by atoms with E-state index in [1.807, 2.05) is 43.0 Å². The van der Waals surface area contributed by atoms with Crippen LogP contribution < -0.4 is 0 Å². The Morgan fingerprint density at radius 3 is 3.00 bits per heavy atom. The summed E-state index contributed by atoms with van der Waals surface area (Å²) >= 11 is 6.06. The molecule has 3 atom stereocenters. The van der Waals surface area contributed by atoms with Crippen molar-refractivity contribution in [2.75, 3.05) is 13.2 Å². The van der Waals surface area contributed by atoms with E-state index >= 15 is 0 Å². The minimum atomic E-state index is -0.391. The molecule has 1 fully saturated rings. The molecule has 7 heteroatoms. The van der Waals surface area contributed by atoms with Gasteiger partial charge in [-0.2, -0.15) is 5.10 Å². The number of amides is 1. The van der Waals surface area contributed by atoms with E-state index in [9.17, 15) is 4.79 Å². The van der Waals surface area contributed by atoms with Crippen LogP contribution in [0.25, 0.3) is 0 Å². The molecule has 0 aliphatic carbocycles. The number of nitrogens with zero attached hydrogens (tertiary/aromatic N) is 4. The lowest BCUT2D eigenvalue weighted by atomic mass is 10.1. The Morgan fingerprint density at radius 2 is 2.30 bits per heavy atom. The lowest BCUT2D eigenvalue weighted by Gasteiger charge is -2.39. The topological polar surface area (TPSA) is 60.2 Å². The van der Waals surface area contributed by atoms with E-state index in [1.165, 1.54) is 6.33 Å². The van der Waals surface area contributed by atoms with Gasteiger partial charge in [-0.05, 0) is 31.5 Å². The Kier molecular flexibility index (Phi) is 4.63. The van der Waals surface area contributed by atoms with Crippen molar-refractivity contribution >= 4 is 17.5 Å². The van der Waals surface area contributed by atoms with Crippen molar-refractivity contribution in [2.24, 2.45) is 0 Å². The standard InChI is InChI=1S/C16H19ClN4O2/c1-11-8-23-15(13-4-3-5-14(17)6-13)7-20(11)16(22)12(2)21-10-18-9-19-21/h3-6,9-12,15H,7-8H2,1-2H3/t11-,12-,15+/m1/s1. The average molecular weight is 335 g/mol. The quantitative estimate of drug-likeness (QED) is 0.865. The molecule has 0 radical (unpaired) electrons. The fraction of sp³-hybridized carbons (Fsp3) is 0.438. The van der Waals surface area contributed by atoms with Gasteiger partial charge >= 0.3 is 0 Å². The molecule has 0 unspecified atom stereocenters. The van der Waals surface area contributed by atoms with Gasteiger partial charge in [0.1, 0.15) is 24.8 Å². The predicted octanol–water partition coefficient (Wildman–Crippen LogP) is 2.48. The number of hydrogen-bond donors (Lipinski definition) is 0. The molecule has 1 saturated heterocycles. The molecule has 1 amide bonds. The van der Waals surface area contributed by atoms with Gasteiger partial charge in [-0.3, -0.25) is 4.79 Å². The predicted molar refractivity (Wildman–Crippen MR) is 86.1 cm³/mol. The molecule has 1 aromatic heterocycles. The van der Waals surface area contributed by atoms with Crippen molar-refractivity contribution < 1.29 is 9.53 Å². The first kappa shape index (κ1) is 16.0. The Hall–Kier alpha value is -1.92. The molecule has 0 bridgehead atoms. The molecule has 0 spiro atoms. The zero-order chi connectivity index (χ0) is 16.4. The van der Waals surface area contributed by atoms with Gasteiger partial charge < -0.3 is 9.64 Å². The molecular formula is C16H19ClN4O2. The number of hydrogen-bond acceptors (Lipinski definition) is 4. The minimum absolute atomic E-state index is 0.0123. The van der Waals surface area contributed by atoms with Crippen LogP contribution in [0.1, 0.15) is 31.6 Å². The van der Waals surface area contributed by atoms with E-state index in [4.69, 9.17) is 16.3 Å². The van der Waals surface area contributed by atoms with E-state index in [0.717, 1.165) is 5.56 Å². The summed E-state index contributed by atoms with van der Waals surface area (Å²) in [7, 11) is 0. The van der Waals surface area contributed by atoms with Gasteiger partial charge in [0.15, 0.2) is 0 Å². The maximum Gasteiger partial charge on any atom is 0.247 e. The first-order valence-electron chi connectivity index (χ1n) is 7.58. The van der Waals surface area contributed by atoms with Crippen LogP contribution in [0, 0.1) is 0 Å². The first-order chi connectivity index (χ1) is 11.1. The number of ether oxygens (including phenoxy) is 1. The fourth-order valence-electron chi connectivity index (χ4n) is 2.74. The van der Waals surface area contributed by atoms with E-state index in [1.54, 1.807) is 11.0 Å². The third kappa shape index (κ3) is 3.38. The fourth-order valence-corrected chi connectivity index (χ4v) is 2.94. The van der Waals surface area contributed by atoms with Crippen molar-refractivity contribution in [1.82, 2.24) is 19.7 Å². The monoisotopic (exact) mass is 334 g/mol. The van der Waals surface area contributed by atoms with Crippen LogP contribution >= 0.6 is 11.6 Å². The largest absolute Gasteiger partial charge is 0.370 e. The van der Waals surface area contributed by atoms with Gasteiger partial charge in [-0.15, -0.1) is 0 Å². The summed E-state index contributed by atoms with van der Waals surface area (Å²) in [5.74, 6) is 0.0123. The number of morpholine rings is 1. The molecule has 2 aromatic rings. The third-order valence-corrected chi connectivity index (χ3v) is 4.36. The highest BCUT2D eigenvalue weighted by atomic mass is 35.5. The zero-order valence-corrected chi connectivity index (χ0v) is 13.8. The SMILES string of the molecule is C[C@@H]1CO[C@H](c2cccc(Cl)c2)CN1C(=O)[C@@H](C)n1cncn1. The summed E-state index contributed by atoms with van der Waals surface area (Å²) in [6.07, 6.45) is 2.82. The third-order valence-electron chi connectivity index (χ3n) is 4.13. The number of rotatable bonds is 3. The van der Waals surface area contributed by atoms with E-state index in [0.29, 0.717) is 18.2 Å². The van der Waals surface area contributed by atoms with Gasteiger partial charge in [-0.25, -0.2) is 9.67 Å². The molecule has 1 aliphatic rings. The Bertz CT molecular complexity index is 676. The summed E-state index contributed by atoms with van der Waals surface area (Å²) in [4.78, 5) is 18.6. The van der Waals surface area contributed by atoms with Crippen molar-refractivity contribution in [2.45, 2.75) is 32.0 Å². The van der Waals surface area contributed by atoms with Crippen LogP contribution in [0.15, 0.2) is 36.9 Å². The Balaban J connectivity index is 1.77. The highest BCUT2D eigenvalue weighted by Crippen LogP contribution is 2.28. The number of carbonyl (C=O) groups is 1. The van der Waals surface area contributed by atoms with Crippen LogP contribution in [0.3, 0.4) is 0 Å². The molecular weight excluding hydrogens is 316 g/mol. The molecule has 1 aliphatic heterocycles. The van der Waals surface area contributed by atoms with Crippen LogP contribution in [-0.4, -0.2) is 44.8 Å². The summed E-state index contributed by atoms with van der Waals surface area (Å²) in [5, 5.41) is 4.72. The van der Waals surface area contributed by atoms with Gasteiger partial charge in [-0.1, -0.05) is 23.7 Å². The normalized spacial score (nSPS) is 22.8. The molecule has 23 heavy (non-hydrogen) atoms. The second-order valence-electron chi connectivity index (χ2n) is 5.77. The maximum absolute atomic E-state index is 12.8. The second-order valence-corrected chi connectivity index (χ2v) is 6.20. The minimum Gasteiger partial charge on any atom is -0.370 e. The zero-order valence-electron chi connectivity index (χ0n) is 13.1. The van der Waals surface area contributed by atoms with E-state index in [-0.39, 0.29) is 18.1 Å². The second kappa shape index (κ2) is 6.68. The van der Waals surface area contributed by atoms with Gasteiger partial charge in [0.05, 0.1) is 19.2 Å². The first-order valence-corrected chi connectivity index (χ1v) is 7.95. The average Bonchev–Trinajstić information content (AvgIpc) is 3.08. The molecule has 0 saturated carbocycles. The number of halogens is 1. The molecule has 1 aromatic carbocycles. The highest BCUT2D eigenvalue weighted by molar-refractivity contribution is 6.30. The van der Waals surface area contributed by atoms with Crippen molar-refractivity contribution in [3.63, 3.8) is 0 Å². The summed E-state index contributed by atoms with van der Waals surface area (Å²) < 4.78 is 7.46. The van der Waals surface area contributed by atoms with Crippen LogP contribution in [-0.2, 0) is 9.53 Å². The van der Waals surface area contributed by atoms with Crippen LogP contribution in [0.2, 0.25) is 5.02 Å². The number of aromatic nitrogens is 3. The molecule has 3 rings (SSSR count). The van der Waals surface area contributed by atoms with Crippen molar-refractivity contribution in [3.05, 3.63) is 47.5 Å². The Labute approximate surface area is 140 Å². The van der Waals surface area contributed by atoms with Crippen LogP contribution in [0.4, 0.5) is 0 Å². The lowest BCUT2D eigenvalue weighted by molar-refractivity contribution is -0.147. The molecule has 0 N–H and O–H groups in total. The van der Waals surface area contributed by atoms with Gasteiger partial charge in [0, 0.05) is 5.02 Å². The van der Waals surface area contributed by atoms with E-state index < -0.39 is 6.04 Å². The molecule has 6 nitrogen and oxygen atoms in total. The smallest absolute Gasteiger partial charge is 0.247 e. The van der Waals surface area contributed by atoms with Gasteiger partial charge in [0.25, 0.3) is 0 Å². The van der Waals surface area contributed by atoms with E-state index in [2.05, 4.69) is 10.1 Å².